The Kier molecular flexibility index (Phi) is 5.39. The molecule has 1 aliphatic heterocycles. The van der Waals surface area contributed by atoms with Crippen molar-refractivity contribution in [2.24, 2.45) is 5.92 Å². The molecule has 0 saturated carbocycles. The Morgan fingerprint density at radius 3 is 2.82 bits per heavy atom. The molecule has 1 fully saturated rings. The summed E-state index contributed by atoms with van der Waals surface area (Å²) in [5.41, 5.74) is -0.0840. The summed E-state index contributed by atoms with van der Waals surface area (Å²) in [4.78, 5) is 26.1. The molecule has 4 nitrogen and oxygen atoms in total. The molecule has 1 aliphatic rings. The lowest BCUT2D eigenvalue weighted by Gasteiger charge is -2.25. The number of nitrogens with one attached hydrogen (secondary N) is 1. The van der Waals surface area contributed by atoms with Crippen molar-refractivity contribution in [1.82, 2.24) is 4.90 Å². The zero-order valence-corrected chi connectivity index (χ0v) is 13.3. The molecule has 120 valence electrons. The van der Waals surface area contributed by atoms with Crippen LogP contribution in [0.2, 0.25) is 0 Å². The Morgan fingerprint density at radius 2 is 2.18 bits per heavy atom. The molecule has 0 aliphatic carbocycles. The van der Waals surface area contributed by atoms with Crippen LogP contribution in [0.4, 0.5) is 14.5 Å². The maximum absolute atomic E-state index is 13.6. The highest BCUT2D eigenvalue weighted by atomic mass is 32.2. The van der Waals surface area contributed by atoms with Crippen LogP contribution < -0.4 is 5.32 Å². The number of thioether (sulfide) groups is 1. The molecule has 0 bridgehead atoms. The average molecular weight is 328 g/mol. The van der Waals surface area contributed by atoms with E-state index in [0.29, 0.717) is 24.1 Å². The number of benzene rings is 1. The van der Waals surface area contributed by atoms with E-state index in [-0.39, 0.29) is 17.5 Å². The second kappa shape index (κ2) is 7.09. The van der Waals surface area contributed by atoms with E-state index >= 15 is 0 Å². The summed E-state index contributed by atoms with van der Waals surface area (Å²) in [6, 6.07) is 2.33. The monoisotopic (exact) mass is 328 g/mol. The number of carbonyl (C=O) groups is 2. The van der Waals surface area contributed by atoms with Gasteiger partial charge in [0, 0.05) is 17.7 Å². The summed E-state index contributed by atoms with van der Waals surface area (Å²) >= 11 is 1.48. The van der Waals surface area contributed by atoms with Crippen LogP contribution in [0.5, 0.6) is 0 Å². The minimum absolute atomic E-state index is 0.0766. The number of hydrogen-bond donors (Lipinski definition) is 1. The highest BCUT2D eigenvalue weighted by Crippen LogP contribution is 2.25. The van der Waals surface area contributed by atoms with Crippen LogP contribution in [-0.2, 0) is 9.59 Å². The van der Waals surface area contributed by atoms with Gasteiger partial charge in [-0.2, -0.15) is 0 Å². The number of anilines is 1. The zero-order chi connectivity index (χ0) is 16.3. The quantitative estimate of drug-likeness (QED) is 0.925. The van der Waals surface area contributed by atoms with Crippen LogP contribution >= 0.6 is 11.8 Å². The third kappa shape index (κ3) is 3.58. The van der Waals surface area contributed by atoms with Gasteiger partial charge in [-0.25, -0.2) is 8.78 Å². The minimum Gasteiger partial charge on any atom is -0.322 e. The van der Waals surface area contributed by atoms with E-state index in [1.54, 1.807) is 0 Å². The SMILES string of the molecule is CC[C@@H](C)C(=O)N1CSC[C@@H]1C(=O)Nc1ccc(F)cc1F. The molecule has 7 heteroatoms. The maximum Gasteiger partial charge on any atom is 0.248 e. The van der Waals surface area contributed by atoms with Crippen molar-refractivity contribution in [3.05, 3.63) is 29.8 Å². The third-order valence-corrected chi connectivity index (χ3v) is 4.70. The van der Waals surface area contributed by atoms with Gasteiger partial charge in [0.25, 0.3) is 0 Å². The minimum atomic E-state index is -0.834. The molecular formula is C15H18F2N2O2S. The zero-order valence-electron chi connectivity index (χ0n) is 12.4. The van der Waals surface area contributed by atoms with E-state index in [4.69, 9.17) is 0 Å². The number of hydrogen-bond acceptors (Lipinski definition) is 3. The van der Waals surface area contributed by atoms with Crippen molar-refractivity contribution in [3.63, 3.8) is 0 Å². The summed E-state index contributed by atoms with van der Waals surface area (Å²) in [6.45, 7) is 3.73. The molecule has 1 N–H and O–H groups in total. The highest BCUT2D eigenvalue weighted by Gasteiger charge is 2.36. The second-order valence-corrected chi connectivity index (χ2v) is 6.25. The van der Waals surface area contributed by atoms with E-state index in [1.165, 1.54) is 22.7 Å². The molecular weight excluding hydrogens is 310 g/mol. The molecule has 22 heavy (non-hydrogen) atoms. The van der Waals surface area contributed by atoms with Crippen molar-refractivity contribution in [3.8, 4) is 0 Å². The Labute approximate surface area is 132 Å². The van der Waals surface area contributed by atoms with Crippen molar-refractivity contribution in [2.45, 2.75) is 26.3 Å². The van der Waals surface area contributed by atoms with Crippen molar-refractivity contribution in [1.29, 1.82) is 0 Å². The molecule has 1 aromatic carbocycles. The van der Waals surface area contributed by atoms with E-state index in [1.807, 2.05) is 13.8 Å². The van der Waals surface area contributed by atoms with Gasteiger partial charge >= 0.3 is 0 Å². The van der Waals surface area contributed by atoms with Crippen molar-refractivity contribution in [2.75, 3.05) is 16.9 Å². The van der Waals surface area contributed by atoms with E-state index < -0.39 is 23.6 Å². The maximum atomic E-state index is 13.6. The molecule has 2 atom stereocenters. The fourth-order valence-electron chi connectivity index (χ4n) is 2.14. The fraction of sp³-hybridized carbons (Fsp3) is 0.467. The summed E-state index contributed by atoms with van der Waals surface area (Å²) < 4.78 is 26.5. The predicted octanol–water partition coefficient (Wildman–Crippen LogP) is 2.85. The second-order valence-electron chi connectivity index (χ2n) is 5.25. The molecule has 1 heterocycles. The molecule has 1 aromatic rings. The number of nitrogens with zero attached hydrogens (tertiary/aromatic N) is 1. The Hall–Kier alpha value is -1.63. The van der Waals surface area contributed by atoms with Gasteiger partial charge in [0.05, 0.1) is 11.6 Å². The van der Waals surface area contributed by atoms with Crippen LogP contribution in [0.1, 0.15) is 20.3 Å². The van der Waals surface area contributed by atoms with E-state index in [9.17, 15) is 18.4 Å². The Morgan fingerprint density at radius 1 is 1.45 bits per heavy atom. The molecule has 1 saturated heterocycles. The molecule has 0 radical (unpaired) electrons. The van der Waals surface area contributed by atoms with Crippen molar-refractivity contribution < 1.29 is 18.4 Å². The third-order valence-electron chi connectivity index (χ3n) is 3.69. The summed E-state index contributed by atoms with van der Waals surface area (Å²) in [5.74, 6) is -1.31. The largest absolute Gasteiger partial charge is 0.322 e. The van der Waals surface area contributed by atoms with Gasteiger partial charge in [-0.3, -0.25) is 9.59 Å². The summed E-state index contributed by atoms with van der Waals surface area (Å²) in [7, 11) is 0. The summed E-state index contributed by atoms with van der Waals surface area (Å²) in [6.07, 6.45) is 0.695. The first-order valence-electron chi connectivity index (χ1n) is 7.08. The predicted molar refractivity (Wildman–Crippen MR) is 82.4 cm³/mol. The lowest BCUT2D eigenvalue weighted by molar-refractivity contribution is -0.139. The first-order chi connectivity index (χ1) is 10.4. The van der Waals surface area contributed by atoms with Crippen LogP contribution in [0.25, 0.3) is 0 Å². The van der Waals surface area contributed by atoms with Gasteiger partial charge in [0.1, 0.15) is 17.7 Å². The van der Waals surface area contributed by atoms with Crippen LogP contribution in [0.15, 0.2) is 18.2 Å². The number of carbonyl (C=O) groups excluding carboxylic acids is 2. The molecule has 0 aromatic heterocycles. The Bertz CT molecular complexity index is 583. The normalized spacial score (nSPS) is 19.1. The fourth-order valence-corrected chi connectivity index (χ4v) is 3.31. The van der Waals surface area contributed by atoms with Crippen LogP contribution in [0.3, 0.4) is 0 Å². The average Bonchev–Trinajstić information content (AvgIpc) is 2.98. The van der Waals surface area contributed by atoms with E-state index in [2.05, 4.69) is 5.32 Å². The van der Waals surface area contributed by atoms with Gasteiger partial charge in [0.15, 0.2) is 0 Å². The molecule has 0 unspecified atom stereocenters. The van der Waals surface area contributed by atoms with Gasteiger partial charge in [-0.15, -0.1) is 11.8 Å². The first kappa shape index (κ1) is 16.7. The van der Waals surface area contributed by atoms with Crippen LogP contribution in [-0.4, -0.2) is 34.4 Å². The topological polar surface area (TPSA) is 49.4 Å². The van der Waals surface area contributed by atoms with Gasteiger partial charge in [-0.05, 0) is 18.6 Å². The highest BCUT2D eigenvalue weighted by molar-refractivity contribution is 7.99. The lowest BCUT2D eigenvalue weighted by Crippen LogP contribution is -2.46. The number of amides is 2. The standard InChI is InChI=1S/C15H18F2N2O2S/c1-3-9(2)15(21)19-8-22-7-13(19)14(20)18-12-5-4-10(16)6-11(12)17/h4-6,9,13H,3,7-8H2,1-2H3,(H,18,20)/t9-,13-/m1/s1. The lowest BCUT2D eigenvalue weighted by atomic mass is 10.1. The number of halogens is 2. The van der Waals surface area contributed by atoms with Crippen molar-refractivity contribution >= 4 is 29.3 Å². The molecule has 0 spiro atoms. The Balaban J connectivity index is 2.09. The molecule has 2 amide bonds. The van der Waals surface area contributed by atoms with E-state index in [0.717, 1.165) is 6.07 Å². The summed E-state index contributed by atoms with van der Waals surface area (Å²) in [5, 5.41) is 2.43. The smallest absolute Gasteiger partial charge is 0.248 e. The van der Waals surface area contributed by atoms with Gasteiger partial charge in [-0.1, -0.05) is 13.8 Å². The van der Waals surface area contributed by atoms with Gasteiger partial charge < -0.3 is 10.2 Å². The number of rotatable bonds is 4. The first-order valence-corrected chi connectivity index (χ1v) is 8.23. The van der Waals surface area contributed by atoms with Gasteiger partial charge in [0.2, 0.25) is 11.8 Å². The van der Waals surface area contributed by atoms with Crippen LogP contribution in [0, 0.1) is 17.6 Å². The molecule has 2 rings (SSSR count).